The van der Waals surface area contributed by atoms with E-state index in [1.807, 2.05) is 31.2 Å². The van der Waals surface area contributed by atoms with E-state index < -0.39 is 10.8 Å². The fraction of sp³-hybridized carbons (Fsp3) is 0.273. The third kappa shape index (κ3) is 3.61. The van der Waals surface area contributed by atoms with Gasteiger partial charge in [-0.1, -0.05) is 41.9 Å². The molecule has 0 aromatic heterocycles. The molecule has 0 saturated carbocycles. The molecule has 1 unspecified atom stereocenters. The van der Waals surface area contributed by atoms with Crippen LogP contribution in [0.1, 0.15) is 25.0 Å². The first-order valence-corrected chi connectivity index (χ1v) is 11.1. The number of rotatable bonds is 4. The zero-order valence-electron chi connectivity index (χ0n) is 17.7. The van der Waals surface area contributed by atoms with Gasteiger partial charge < -0.3 is 15.0 Å². The molecule has 1 N–H and O–H groups in total. The number of para-hydroxylation sites is 2. The van der Waals surface area contributed by atoms with Crippen LogP contribution in [-0.4, -0.2) is 41.0 Å². The SMILES string of the molecule is CC(=O)NC1=NN(C(C)=O)C2(S1)C(=O)N(CCOc1ccccc1C)c1c(Cl)cccc12. The molecule has 1 atom stereocenters. The van der Waals surface area contributed by atoms with Gasteiger partial charge in [-0.15, -0.1) is 5.10 Å². The van der Waals surface area contributed by atoms with Gasteiger partial charge in [-0.3, -0.25) is 14.4 Å². The number of carbonyl (C=O) groups is 3. The molecule has 166 valence electrons. The van der Waals surface area contributed by atoms with Crippen molar-refractivity contribution in [3.8, 4) is 5.75 Å². The van der Waals surface area contributed by atoms with E-state index in [1.165, 1.54) is 18.7 Å². The topological polar surface area (TPSA) is 91.3 Å². The van der Waals surface area contributed by atoms with E-state index in [0.717, 1.165) is 28.1 Å². The van der Waals surface area contributed by atoms with E-state index in [2.05, 4.69) is 10.4 Å². The van der Waals surface area contributed by atoms with Crippen molar-refractivity contribution in [3.63, 3.8) is 0 Å². The second kappa shape index (κ2) is 8.48. The summed E-state index contributed by atoms with van der Waals surface area (Å²) >= 11 is 7.52. The molecule has 32 heavy (non-hydrogen) atoms. The lowest BCUT2D eigenvalue weighted by molar-refractivity contribution is -0.139. The van der Waals surface area contributed by atoms with Gasteiger partial charge in [-0.05, 0) is 36.4 Å². The van der Waals surface area contributed by atoms with Gasteiger partial charge >= 0.3 is 0 Å². The molecule has 1 spiro atoms. The first-order valence-electron chi connectivity index (χ1n) is 9.91. The molecule has 0 fully saturated rings. The summed E-state index contributed by atoms with van der Waals surface area (Å²) in [6.45, 7) is 5.04. The van der Waals surface area contributed by atoms with Crippen LogP contribution in [0.25, 0.3) is 0 Å². The largest absolute Gasteiger partial charge is 0.491 e. The molecule has 2 aromatic rings. The highest BCUT2D eigenvalue weighted by atomic mass is 35.5. The lowest BCUT2D eigenvalue weighted by Crippen LogP contribution is -2.49. The normalized spacial score (nSPS) is 19.2. The molecular weight excluding hydrogens is 452 g/mol. The Kier molecular flexibility index (Phi) is 5.87. The highest BCUT2D eigenvalue weighted by Gasteiger charge is 2.61. The van der Waals surface area contributed by atoms with Gasteiger partial charge in [-0.25, -0.2) is 0 Å². The number of hydrazone groups is 1. The number of anilines is 1. The maximum absolute atomic E-state index is 13.8. The molecular formula is C22H21ClN4O4S. The summed E-state index contributed by atoms with van der Waals surface area (Å²) in [5.41, 5.74) is 2.03. The van der Waals surface area contributed by atoms with Crippen molar-refractivity contribution < 1.29 is 19.1 Å². The van der Waals surface area contributed by atoms with Gasteiger partial charge in [0.05, 0.1) is 17.3 Å². The minimum absolute atomic E-state index is 0.171. The van der Waals surface area contributed by atoms with E-state index in [-0.39, 0.29) is 30.1 Å². The summed E-state index contributed by atoms with van der Waals surface area (Å²) in [5, 5.41) is 8.47. The highest BCUT2D eigenvalue weighted by molar-refractivity contribution is 8.15. The Morgan fingerprint density at radius 2 is 1.94 bits per heavy atom. The zero-order chi connectivity index (χ0) is 23.0. The van der Waals surface area contributed by atoms with Crippen LogP contribution in [0, 0.1) is 6.92 Å². The summed E-state index contributed by atoms with van der Waals surface area (Å²) < 4.78 is 5.89. The Morgan fingerprint density at radius 3 is 2.62 bits per heavy atom. The fourth-order valence-electron chi connectivity index (χ4n) is 3.80. The summed E-state index contributed by atoms with van der Waals surface area (Å²) in [7, 11) is 0. The summed E-state index contributed by atoms with van der Waals surface area (Å²) in [4.78, 5) is 37.9. The molecule has 8 nitrogen and oxygen atoms in total. The maximum atomic E-state index is 13.8. The molecule has 10 heteroatoms. The summed E-state index contributed by atoms with van der Waals surface area (Å²) in [6.07, 6.45) is 0. The van der Waals surface area contributed by atoms with Gasteiger partial charge in [0.2, 0.25) is 16.7 Å². The van der Waals surface area contributed by atoms with E-state index >= 15 is 0 Å². The van der Waals surface area contributed by atoms with Gasteiger partial charge in [0, 0.05) is 19.4 Å². The van der Waals surface area contributed by atoms with E-state index in [1.54, 1.807) is 18.2 Å². The average Bonchev–Trinajstić information content (AvgIpc) is 3.22. The molecule has 2 heterocycles. The molecule has 2 aromatic carbocycles. The Hall–Kier alpha value is -3.04. The van der Waals surface area contributed by atoms with Crippen LogP contribution in [-0.2, 0) is 19.3 Å². The smallest absolute Gasteiger partial charge is 0.270 e. The van der Waals surface area contributed by atoms with Crippen LogP contribution in [0.5, 0.6) is 5.75 Å². The Balaban J connectivity index is 1.68. The number of thioether (sulfide) groups is 1. The van der Waals surface area contributed by atoms with Gasteiger partial charge in [0.25, 0.3) is 5.91 Å². The third-order valence-corrected chi connectivity index (χ3v) is 6.68. The fourth-order valence-corrected chi connectivity index (χ4v) is 5.40. The molecule has 2 aliphatic heterocycles. The molecule has 3 amide bonds. The number of halogens is 1. The van der Waals surface area contributed by atoms with Crippen molar-refractivity contribution >= 4 is 51.9 Å². The first-order chi connectivity index (χ1) is 15.3. The molecule has 0 saturated heterocycles. The second-order valence-corrected chi connectivity index (χ2v) is 8.96. The van der Waals surface area contributed by atoms with Crippen molar-refractivity contribution in [1.82, 2.24) is 10.3 Å². The molecule has 0 bridgehead atoms. The van der Waals surface area contributed by atoms with Gasteiger partial charge in [0.15, 0.2) is 5.17 Å². The lowest BCUT2D eigenvalue weighted by Gasteiger charge is -2.29. The lowest BCUT2D eigenvalue weighted by atomic mass is 10.1. The van der Waals surface area contributed by atoms with Crippen molar-refractivity contribution in [3.05, 3.63) is 58.6 Å². The molecule has 4 rings (SSSR count). The van der Waals surface area contributed by atoms with E-state index in [0.29, 0.717) is 16.3 Å². The second-order valence-electron chi connectivity index (χ2n) is 7.37. The number of hydrogen-bond acceptors (Lipinski definition) is 6. The van der Waals surface area contributed by atoms with Crippen LogP contribution < -0.4 is 15.0 Å². The number of amides is 3. The first kappa shape index (κ1) is 22.2. The Morgan fingerprint density at radius 1 is 1.19 bits per heavy atom. The van der Waals surface area contributed by atoms with Crippen molar-refractivity contribution in [2.24, 2.45) is 5.10 Å². The molecule has 0 aliphatic carbocycles. The van der Waals surface area contributed by atoms with Crippen molar-refractivity contribution in [2.75, 3.05) is 18.1 Å². The average molecular weight is 473 g/mol. The summed E-state index contributed by atoms with van der Waals surface area (Å²) in [5.74, 6) is -0.435. The number of fused-ring (bicyclic) bond motifs is 2. The van der Waals surface area contributed by atoms with Crippen molar-refractivity contribution in [2.45, 2.75) is 25.6 Å². The third-order valence-electron chi connectivity index (χ3n) is 5.14. The number of ether oxygens (including phenoxy) is 1. The summed E-state index contributed by atoms with van der Waals surface area (Å²) in [6, 6.07) is 12.8. The molecule has 0 radical (unpaired) electrons. The predicted octanol–water partition coefficient (Wildman–Crippen LogP) is 3.23. The Bertz CT molecular complexity index is 1150. The highest BCUT2D eigenvalue weighted by Crippen LogP contribution is 2.56. The number of nitrogens with zero attached hydrogens (tertiary/aromatic N) is 3. The number of hydrogen-bond donors (Lipinski definition) is 1. The number of carbonyl (C=O) groups excluding carboxylic acids is 3. The number of nitrogens with one attached hydrogen (secondary N) is 1. The predicted molar refractivity (Wildman–Crippen MR) is 124 cm³/mol. The number of aryl methyl sites for hydroxylation is 1. The van der Waals surface area contributed by atoms with Gasteiger partial charge in [0.1, 0.15) is 12.4 Å². The minimum Gasteiger partial charge on any atom is -0.491 e. The monoisotopic (exact) mass is 472 g/mol. The Labute approximate surface area is 194 Å². The van der Waals surface area contributed by atoms with Crippen LogP contribution in [0.4, 0.5) is 5.69 Å². The quantitative estimate of drug-likeness (QED) is 0.737. The van der Waals surface area contributed by atoms with Gasteiger partial charge in [-0.2, -0.15) is 5.01 Å². The zero-order valence-corrected chi connectivity index (χ0v) is 19.3. The van der Waals surface area contributed by atoms with Crippen LogP contribution >= 0.6 is 23.4 Å². The van der Waals surface area contributed by atoms with E-state index in [4.69, 9.17) is 16.3 Å². The minimum atomic E-state index is -1.48. The van der Waals surface area contributed by atoms with Crippen LogP contribution in [0.15, 0.2) is 47.6 Å². The van der Waals surface area contributed by atoms with Crippen LogP contribution in [0.2, 0.25) is 5.02 Å². The maximum Gasteiger partial charge on any atom is 0.270 e. The standard InChI is InChI=1S/C22H21ClN4O4S/c1-13-7-4-5-10-18(13)31-12-11-26-19-16(8-6-9-17(19)23)22(20(26)30)27(15(3)29)25-21(32-22)24-14(2)28/h4-10H,11-12H2,1-3H3,(H,24,25,28). The van der Waals surface area contributed by atoms with E-state index in [9.17, 15) is 14.4 Å². The number of benzene rings is 2. The molecule has 2 aliphatic rings. The van der Waals surface area contributed by atoms with Crippen molar-refractivity contribution in [1.29, 1.82) is 0 Å². The van der Waals surface area contributed by atoms with Crippen LogP contribution in [0.3, 0.4) is 0 Å². The number of amidine groups is 1.